The van der Waals surface area contributed by atoms with E-state index in [-0.39, 0.29) is 30.4 Å². The van der Waals surface area contributed by atoms with E-state index in [0.29, 0.717) is 6.07 Å². The molecule has 25 heavy (non-hydrogen) atoms. The maximum absolute atomic E-state index is 13.8. The predicted molar refractivity (Wildman–Crippen MR) is 88.2 cm³/mol. The van der Waals surface area contributed by atoms with E-state index >= 15 is 0 Å². The van der Waals surface area contributed by atoms with Gasteiger partial charge in [-0.05, 0) is 23.6 Å². The lowest BCUT2D eigenvalue weighted by atomic mass is 10.3. The minimum absolute atomic E-state index is 0.0394. The van der Waals surface area contributed by atoms with Crippen molar-refractivity contribution in [2.24, 2.45) is 0 Å². The average molecular weight is 408 g/mol. The second kappa shape index (κ2) is 6.72. The molecule has 0 bridgehead atoms. The van der Waals surface area contributed by atoms with Gasteiger partial charge in [0, 0.05) is 32.2 Å². The van der Waals surface area contributed by atoms with Crippen LogP contribution in [-0.4, -0.2) is 51.6 Å². The first-order chi connectivity index (χ1) is 11.7. The third kappa shape index (κ3) is 3.47. The summed E-state index contributed by atoms with van der Waals surface area (Å²) in [4.78, 5) is -0.622. The van der Waals surface area contributed by atoms with Crippen molar-refractivity contribution in [2.45, 2.75) is 9.10 Å². The molecule has 0 N–H and O–H groups in total. The summed E-state index contributed by atoms with van der Waals surface area (Å²) in [7, 11) is -7.82. The van der Waals surface area contributed by atoms with Crippen LogP contribution in [-0.2, 0) is 20.0 Å². The molecule has 1 aromatic carbocycles. The molecule has 0 unspecified atom stereocenters. The summed E-state index contributed by atoms with van der Waals surface area (Å²) in [5.41, 5.74) is 0. The van der Waals surface area contributed by atoms with Crippen molar-refractivity contribution in [1.29, 1.82) is 0 Å². The van der Waals surface area contributed by atoms with Crippen molar-refractivity contribution < 1.29 is 25.6 Å². The monoisotopic (exact) mass is 408 g/mol. The molecule has 0 saturated carbocycles. The molecule has 1 aromatic heterocycles. The van der Waals surface area contributed by atoms with Gasteiger partial charge in [0.15, 0.2) is 0 Å². The molecule has 3 rings (SSSR count). The SMILES string of the molecule is O=S(=O)(c1cccs1)N1CCN(S(=O)(=O)c2ccc(F)cc2F)CC1. The highest BCUT2D eigenvalue weighted by atomic mass is 32.2. The number of nitrogens with zero attached hydrogens (tertiary/aromatic N) is 2. The molecular weight excluding hydrogens is 394 g/mol. The number of thiophene rings is 1. The van der Waals surface area contributed by atoms with Gasteiger partial charge in [-0.3, -0.25) is 0 Å². The van der Waals surface area contributed by atoms with Gasteiger partial charge in [0.05, 0.1) is 0 Å². The largest absolute Gasteiger partial charge is 0.252 e. The Balaban J connectivity index is 1.78. The number of sulfonamides is 2. The molecule has 1 saturated heterocycles. The summed E-state index contributed by atoms with van der Waals surface area (Å²) < 4.78 is 79.0. The quantitative estimate of drug-likeness (QED) is 0.772. The summed E-state index contributed by atoms with van der Waals surface area (Å²) in [5.74, 6) is -2.04. The molecule has 0 aliphatic carbocycles. The van der Waals surface area contributed by atoms with E-state index in [2.05, 4.69) is 0 Å². The van der Waals surface area contributed by atoms with Crippen LogP contribution in [0.5, 0.6) is 0 Å². The number of halogens is 2. The maximum Gasteiger partial charge on any atom is 0.252 e. The van der Waals surface area contributed by atoms with Crippen molar-refractivity contribution in [3.8, 4) is 0 Å². The number of hydrogen-bond donors (Lipinski definition) is 0. The summed E-state index contributed by atoms with van der Waals surface area (Å²) in [5, 5.41) is 1.64. The Kier molecular flexibility index (Phi) is 4.95. The molecule has 11 heteroatoms. The highest BCUT2D eigenvalue weighted by molar-refractivity contribution is 7.91. The van der Waals surface area contributed by atoms with E-state index in [1.54, 1.807) is 11.4 Å². The molecule has 1 aliphatic heterocycles. The van der Waals surface area contributed by atoms with E-state index in [0.717, 1.165) is 27.8 Å². The number of hydrogen-bond acceptors (Lipinski definition) is 5. The van der Waals surface area contributed by atoms with Gasteiger partial charge in [-0.2, -0.15) is 8.61 Å². The molecular formula is C14H14F2N2O4S3. The lowest BCUT2D eigenvalue weighted by molar-refractivity contribution is 0.272. The number of piperazine rings is 1. The van der Waals surface area contributed by atoms with E-state index < -0.39 is 36.6 Å². The van der Waals surface area contributed by atoms with Crippen LogP contribution in [0.15, 0.2) is 44.8 Å². The van der Waals surface area contributed by atoms with Crippen molar-refractivity contribution in [3.63, 3.8) is 0 Å². The fourth-order valence-corrected chi connectivity index (χ4v) is 6.55. The second-order valence-corrected chi connectivity index (χ2v) is 10.3. The minimum atomic E-state index is -4.16. The van der Waals surface area contributed by atoms with Gasteiger partial charge < -0.3 is 0 Å². The summed E-state index contributed by atoms with van der Waals surface area (Å²) >= 11 is 1.08. The molecule has 2 heterocycles. The van der Waals surface area contributed by atoms with Crippen LogP contribution in [0.3, 0.4) is 0 Å². The van der Waals surface area contributed by atoms with Gasteiger partial charge in [-0.15, -0.1) is 11.3 Å². The zero-order valence-corrected chi connectivity index (χ0v) is 15.3. The highest BCUT2D eigenvalue weighted by Crippen LogP contribution is 2.25. The molecule has 0 amide bonds. The zero-order valence-electron chi connectivity index (χ0n) is 12.8. The second-order valence-electron chi connectivity index (χ2n) is 5.32. The third-order valence-electron chi connectivity index (χ3n) is 3.80. The van der Waals surface area contributed by atoms with Crippen LogP contribution in [0, 0.1) is 11.6 Å². The van der Waals surface area contributed by atoms with E-state index in [1.807, 2.05) is 0 Å². The van der Waals surface area contributed by atoms with Gasteiger partial charge in [0.25, 0.3) is 10.0 Å². The lowest BCUT2D eigenvalue weighted by Gasteiger charge is -2.33. The first-order valence-electron chi connectivity index (χ1n) is 7.22. The van der Waals surface area contributed by atoms with E-state index in [1.165, 1.54) is 10.4 Å². The topological polar surface area (TPSA) is 74.8 Å². The van der Waals surface area contributed by atoms with Gasteiger partial charge in [0.2, 0.25) is 10.0 Å². The molecule has 0 atom stereocenters. The Morgan fingerprint density at radius 2 is 1.48 bits per heavy atom. The molecule has 1 aliphatic rings. The van der Waals surface area contributed by atoms with Crippen molar-refractivity contribution in [1.82, 2.24) is 8.61 Å². The number of benzene rings is 1. The van der Waals surface area contributed by atoms with Crippen LogP contribution in [0.2, 0.25) is 0 Å². The van der Waals surface area contributed by atoms with Crippen molar-refractivity contribution in [2.75, 3.05) is 26.2 Å². The molecule has 6 nitrogen and oxygen atoms in total. The molecule has 1 fully saturated rings. The summed E-state index contributed by atoms with van der Waals surface area (Å²) in [6, 6.07) is 5.35. The molecule has 0 spiro atoms. The standard InChI is InChI=1S/C14H14F2N2O4S3/c15-11-3-4-13(12(16)10-11)24(19,20)17-5-7-18(8-6-17)25(21,22)14-2-1-9-23-14/h1-4,9-10H,5-8H2. The Labute approximate surface area is 148 Å². The third-order valence-corrected chi connectivity index (χ3v) is 9.00. The Morgan fingerprint density at radius 3 is 2.00 bits per heavy atom. The molecule has 2 aromatic rings. The normalized spacial score (nSPS) is 17.7. The van der Waals surface area contributed by atoms with Gasteiger partial charge in [0.1, 0.15) is 20.7 Å². The van der Waals surface area contributed by atoms with Crippen molar-refractivity contribution >= 4 is 31.4 Å². The smallest absolute Gasteiger partial charge is 0.207 e. The molecule has 136 valence electrons. The Morgan fingerprint density at radius 1 is 0.880 bits per heavy atom. The van der Waals surface area contributed by atoms with Gasteiger partial charge >= 0.3 is 0 Å². The Bertz CT molecular complexity index is 968. The first-order valence-corrected chi connectivity index (χ1v) is 11.0. The van der Waals surface area contributed by atoms with Gasteiger partial charge in [-0.1, -0.05) is 6.07 Å². The Hall–Kier alpha value is -1.40. The van der Waals surface area contributed by atoms with Crippen LogP contribution in [0.25, 0.3) is 0 Å². The maximum atomic E-state index is 13.8. The van der Waals surface area contributed by atoms with Crippen LogP contribution >= 0.6 is 11.3 Å². The van der Waals surface area contributed by atoms with E-state index in [4.69, 9.17) is 0 Å². The van der Waals surface area contributed by atoms with Crippen LogP contribution in [0.1, 0.15) is 0 Å². The molecule has 0 radical (unpaired) electrons. The van der Waals surface area contributed by atoms with Gasteiger partial charge in [-0.25, -0.2) is 25.6 Å². The van der Waals surface area contributed by atoms with Crippen molar-refractivity contribution in [3.05, 3.63) is 47.3 Å². The average Bonchev–Trinajstić information content (AvgIpc) is 3.10. The van der Waals surface area contributed by atoms with Crippen LogP contribution < -0.4 is 0 Å². The lowest BCUT2D eigenvalue weighted by Crippen LogP contribution is -2.50. The fraction of sp³-hybridized carbons (Fsp3) is 0.286. The van der Waals surface area contributed by atoms with Crippen LogP contribution in [0.4, 0.5) is 8.78 Å². The summed E-state index contributed by atoms with van der Waals surface area (Å²) in [6.07, 6.45) is 0. The minimum Gasteiger partial charge on any atom is -0.207 e. The zero-order chi connectivity index (χ0) is 18.2. The predicted octanol–water partition coefficient (Wildman–Crippen LogP) is 1.72. The summed E-state index contributed by atoms with van der Waals surface area (Å²) in [6.45, 7) is -0.294. The van der Waals surface area contributed by atoms with E-state index in [9.17, 15) is 25.6 Å². The number of rotatable bonds is 4. The highest BCUT2D eigenvalue weighted by Gasteiger charge is 2.35. The first kappa shape index (κ1) is 18.4. The fourth-order valence-electron chi connectivity index (χ4n) is 2.51.